The fourth-order valence-corrected chi connectivity index (χ4v) is 7.34. The third-order valence-electron chi connectivity index (χ3n) is 7.57. The highest BCUT2D eigenvalue weighted by atomic mass is 32.2. The summed E-state index contributed by atoms with van der Waals surface area (Å²) in [6.45, 7) is 8.81. The van der Waals surface area contributed by atoms with Crippen LogP contribution in [0.4, 0.5) is 13.6 Å². The van der Waals surface area contributed by atoms with Crippen molar-refractivity contribution in [2.75, 3.05) is 27.4 Å². The summed E-state index contributed by atoms with van der Waals surface area (Å²) in [5.41, 5.74) is -0.136. The number of alkyl carbamates (subject to hydrolysis) is 1. The van der Waals surface area contributed by atoms with Crippen molar-refractivity contribution in [3.63, 3.8) is 0 Å². The number of nitriles is 1. The molecule has 0 aromatic heterocycles. The molecule has 2 aromatic carbocycles. The molecule has 1 N–H and O–H groups in total. The molecule has 3 atom stereocenters. The molecule has 0 saturated heterocycles. The molecule has 0 radical (unpaired) electrons. The first kappa shape index (κ1) is 32.4. The molecule has 0 unspecified atom stereocenters. The Morgan fingerprint density at radius 2 is 1.93 bits per heavy atom. The van der Waals surface area contributed by atoms with E-state index in [0.29, 0.717) is 24.2 Å². The molecule has 43 heavy (non-hydrogen) atoms. The monoisotopic (exact) mass is 626 g/mol. The van der Waals surface area contributed by atoms with Gasteiger partial charge in [-0.1, -0.05) is 31.8 Å². The van der Waals surface area contributed by atoms with Gasteiger partial charge in [0.1, 0.15) is 23.1 Å². The molecule has 1 aliphatic heterocycles. The van der Waals surface area contributed by atoms with Crippen LogP contribution in [0.1, 0.15) is 35.6 Å². The van der Waals surface area contributed by atoms with Gasteiger partial charge in [-0.05, 0) is 73.1 Å². The number of fused-ring (bicyclic) bond motifs is 1. The van der Waals surface area contributed by atoms with Crippen molar-refractivity contribution in [2.24, 2.45) is 10.9 Å². The van der Waals surface area contributed by atoms with Crippen LogP contribution in [0.5, 0.6) is 0 Å². The third kappa shape index (κ3) is 7.34. The minimum absolute atomic E-state index is 0.0511. The predicted octanol–water partition coefficient (Wildman–Crippen LogP) is 6.37. The number of nitrogens with zero attached hydrogens (tertiary/aromatic N) is 3. The van der Waals surface area contributed by atoms with Crippen LogP contribution >= 0.6 is 11.8 Å². The van der Waals surface area contributed by atoms with Crippen LogP contribution in [0.25, 0.3) is 11.9 Å². The Balaban J connectivity index is 1.61. The Labute approximate surface area is 256 Å². The lowest BCUT2D eigenvalue weighted by atomic mass is 9.84. The van der Waals surface area contributed by atoms with Crippen LogP contribution in [0.15, 0.2) is 47.5 Å². The smallest absolute Gasteiger partial charge is 0.385 e. The van der Waals surface area contributed by atoms with Gasteiger partial charge < -0.3 is 14.4 Å². The summed E-state index contributed by atoms with van der Waals surface area (Å²) in [5.74, 6) is -1.86. The van der Waals surface area contributed by atoms with E-state index in [0.717, 1.165) is 17.8 Å². The summed E-state index contributed by atoms with van der Waals surface area (Å²) in [7, 11) is 1.98. The lowest BCUT2D eigenvalue weighted by Gasteiger charge is -2.34. The number of halogens is 2. The molecule has 2 aromatic rings. The summed E-state index contributed by atoms with van der Waals surface area (Å²) in [6.07, 6.45) is 0.858. The molecule has 0 bridgehead atoms. The van der Waals surface area contributed by atoms with E-state index in [1.54, 1.807) is 45.3 Å². The third-order valence-corrected chi connectivity index (χ3v) is 10.6. The zero-order valence-electron chi connectivity index (χ0n) is 25.2. The van der Waals surface area contributed by atoms with Crippen LogP contribution < -0.4 is 5.32 Å². The second-order valence-electron chi connectivity index (χ2n) is 12.3. The average Bonchev–Trinajstić information content (AvgIpc) is 3.69. The fourth-order valence-electron chi connectivity index (χ4n) is 5.03. The van der Waals surface area contributed by atoms with Gasteiger partial charge >= 0.3 is 6.09 Å². The average molecular weight is 627 g/mol. The van der Waals surface area contributed by atoms with E-state index < -0.39 is 42.0 Å². The van der Waals surface area contributed by atoms with Crippen LogP contribution in [-0.2, 0) is 19.8 Å². The number of thioether (sulfide) groups is 1. The van der Waals surface area contributed by atoms with Crippen molar-refractivity contribution in [3.05, 3.63) is 70.5 Å². The lowest BCUT2D eigenvalue weighted by Crippen LogP contribution is -2.43. The fraction of sp³-hybridized carbons (Fsp3) is 0.419. The van der Waals surface area contributed by atoms with Gasteiger partial charge in [0, 0.05) is 45.8 Å². The molecule has 2 amide bonds. The molecule has 8 nitrogen and oxygen atoms in total. The van der Waals surface area contributed by atoms with E-state index >= 15 is 8.78 Å². The minimum atomic E-state index is -1.32. The van der Waals surface area contributed by atoms with Gasteiger partial charge in [-0.25, -0.2) is 18.6 Å². The number of aliphatic imine (C=N–C) groups is 1. The Morgan fingerprint density at radius 3 is 2.56 bits per heavy atom. The molecule has 1 heterocycles. The number of nitrogens with one attached hydrogen (secondary N) is 1. The molecule has 1 aliphatic carbocycles. The summed E-state index contributed by atoms with van der Waals surface area (Å²) in [5, 5.41) is 11.5. The predicted molar refractivity (Wildman–Crippen MR) is 167 cm³/mol. The molecule has 2 aliphatic rings. The summed E-state index contributed by atoms with van der Waals surface area (Å²) in [6, 6.07) is 13.2. The second-order valence-corrected chi connectivity index (χ2v) is 19.2. The highest BCUT2D eigenvalue weighted by molar-refractivity contribution is 8.15. The highest BCUT2D eigenvalue weighted by Crippen LogP contribution is 2.67. The Hall–Kier alpha value is -3.53. The molecule has 1 saturated carbocycles. The van der Waals surface area contributed by atoms with Gasteiger partial charge in [0.25, 0.3) is 5.23 Å². The zero-order valence-corrected chi connectivity index (χ0v) is 27.0. The number of benzene rings is 2. The summed E-state index contributed by atoms with van der Waals surface area (Å²) < 4.78 is 40.9. The number of amides is 2. The van der Waals surface area contributed by atoms with E-state index in [4.69, 9.17) is 14.7 Å². The van der Waals surface area contributed by atoms with Crippen LogP contribution in [0.2, 0.25) is 25.7 Å². The Bertz CT molecular complexity index is 1500. The maximum Gasteiger partial charge on any atom is 0.416 e. The van der Waals surface area contributed by atoms with Crippen molar-refractivity contribution in [1.82, 2.24) is 10.2 Å². The molecule has 228 valence electrons. The van der Waals surface area contributed by atoms with E-state index in [1.807, 2.05) is 6.07 Å². The normalized spacial score (nSPS) is 23.0. The standard InChI is InChI=1S/C31H36F2N4O4SSi/c1-30(23-16-22(11-12-24(23)32)25(33)15-20-7-9-21(18-34)10-8-20)26-17-31(26,27(38)37(2)3)42-29(36-30)41-28(39)35-19-40-13-14-43(4,5)6/h7-12,15-16,26H,13-14,17,19H2,1-6H3,(H,35,39)/b25-15-/t26-,30+,31-/m0/s1. The van der Waals surface area contributed by atoms with Gasteiger partial charge in [-0.15, -0.1) is 0 Å². The van der Waals surface area contributed by atoms with E-state index in [9.17, 15) is 9.59 Å². The van der Waals surface area contributed by atoms with Crippen molar-refractivity contribution in [3.8, 4) is 6.07 Å². The van der Waals surface area contributed by atoms with Crippen LogP contribution in [0.3, 0.4) is 0 Å². The lowest BCUT2D eigenvalue weighted by molar-refractivity contribution is -0.129. The molecular formula is C31H36F2N4O4SSi. The van der Waals surface area contributed by atoms with Crippen molar-refractivity contribution >= 4 is 49.0 Å². The van der Waals surface area contributed by atoms with E-state index in [1.165, 1.54) is 29.2 Å². The molecule has 1 fully saturated rings. The summed E-state index contributed by atoms with van der Waals surface area (Å²) in [4.78, 5) is 32.1. The van der Waals surface area contributed by atoms with Gasteiger partial charge in [0.05, 0.1) is 17.2 Å². The topological polar surface area (TPSA) is 104 Å². The van der Waals surface area contributed by atoms with Crippen LogP contribution in [-0.4, -0.2) is 62.4 Å². The molecule has 0 spiro atoms. The van der Waals surface area contributed by atoms with E-state index in [-0.39, 0.29) is 29.0 Å². The van der Waals surface area contributed by atoms with Crippen molar-refractivity contribution < 1.29 is 27.8 Å². The van der Waals surface area contributed by atoms with Crippen molar-refractivity contribution in [2.45, 2.75) is 49.3 Å². The number of rotatable bonds is 9. The quantitative estimate of drug-likeness (QED) is 0.150. The van der Waals surface area contributed by atoms with E-state index in [2.05, 4.69) is 30.0 Å². The second kappa shape index (κ2) is 12.6. The number of hydrogen-bond donors (Lipinski definition) is 1. The van der Waals surface area contributed by atoms with Gasteiger partial charge in [0.15, 0.2) is 0 Å². The number of carbonyl (C=O) groups excluding carboxylic acids is 2. The molecule has 4 rings (SSSR count). The van der Waals surface area contributed by atoms with Gasteiger partial charge in [-0.2, -0.15) is 5.26 Å². The maximum absolute atomic E-state index is 15.5. The minimum Gasteiger partial charge on any atom is -0.385 e. The highest BCUT2D eigenvalue weighted by Gasteiger charge is 2.71. The maximum atomic E-state index is 15.5. The summed E-state index contributed by atoms with van der Waals surface area (Å²) >= 11 is 1.05. The first-order chi connectivity index (χ1) is 20.2. The largest absolute Gasteiger partial charge is 0.416 e. The number of carbonyl (C=O) groups is 2. The van der Waals surface area contributed by atoms with Gasteiger partial charge in [0.2, 0.25) is 5.91 Å². The SMILES string of the molecule is CN(C)C(=O)[C@]12C[C@H]1[C@@](C)(c1cc(/C(F)=C/c3ccc(C#N)cc3)ccc1F)N=C(OC(=O)NCOCC[Si](C)(C)C)S2. The first-order valence-electron chi connectivity index (χ1n) is 13.9. The van der Waals surface area contributed by atoms with Crippen LogP contribution in [0, 0.1) is 23.1 Å². The Kier molecular flexibility index (Phi) is 9.49. The zero-order chi connectivity index (χ0) is 31.6. The number of hydrogen-bond acceptors (Lipinski definition) is 7. The first-order valence-corrected chi connectivity index (χ1v) is 18.4. The molecule has 12 heteroatoms. The molecular weight excluding hydrogens is 591 g/mol. The Morgan fingerprint density at radius 1 is 1.23 bits per heavy atom. The van der Waals surface area contributed by atoms with Gasteiger partial charge in [-0.3, -0.25) is 10.1 Å². The number of ether oxygens (including phenoxy) is 2. The van der Waals surface area contributed by atoms with Crippen molar-refractivity contribution in [1.29, 1.82) is 5.26 Å².